The van der Waals surface area contributed by atoms with Gasteiger partial charge >= 0.3 is 0 Å². The van der Waals surface area contributed by atoms with Crippen LogP contribution in [0.15, 0.2) is 29.1 Å². The lowest BCUT2D eigenvalue weighted by Gasteiger charge is -2.21. The second kappa shape index (κ2) is 8.96. The summed E-state index contributed by atoms with van der Waals surface area (Å²) in [7, 11) is 0. The van der Waals surface area contributed by atoms with Gasteiger partial charge < -0.3 is 10.0 Å². The van der Waals surface area contributed by atoms with Crippen LogP contribution in [0.3, 0.4) is 0 Å². The minimum absolute atomic E-state index is 0.0931. The Bertz CT molecular complexity index is 827. The Hall–Kier alpha value is -2.18. The molecule has 0 aliphatic carbocycles. The van der Waals surface area contributed by atoms with Gasteiger partial charge in [0.2, 0.25) is 5.91 Å². The Morgan fingerprint density at radius 2 is 1.85 bits per heavy atom. The van der Waals surface area contributed by atoms with Gasteiger partial charge in [-0.2, -0.15) is 0 Å². The Morgan fingerprint density at radius 3 is 2.38 bits per heavy atom. The van der Waals surface area contributed by atoms with Crippen LogP contribution >= 0.6 is 11.6 Å². The van der Waals surface area contributed by atoms with E-state index in [0.29, 0.717) is 40.8 Å². The zero-order valence-corrected chi connectivity index (χ0v) is 16.1. The van der Waals surface area contributed by atoms with Crippen LogP contribution in [0.1, 0.15) is 25.1 Å². The highest BCUT2D eigenvalue weighted by Crippen LogP contribution is 2.20. The van der Waals surface area contributed by atoms with E-state index in [2.05, 4.69) is 4.98 Å². The summed E-state index contributed by atoms with van der Waals surface area (Å²) in [4.78, 5) is 31.8. The molecule has 0 saturated heterocycles. The maximum absolute atomic E-state index is 13.0. The molecule has 2 rings (SSSR count). The van der Waals surface area contributed by atoms with Crippen molar-refractivity contribution >= 4 is 17.5 Å². The zero-order chi connectivity index (χ0) is 19.3. The maximum atomic E-state index is 13.0. The lowest BCUT2D eigenvalue weighted by Crippen LogP contribution is -2.38. The SMILES string of the molecule is CCN(CC)C(=O)Cn1c(-c2ccc(Cl)cc2)nc(C)c(CCO)c1=O. The third-order valence-corrected chi connectivity index (χ3v) is 4.60. The van der Waals surface area contributed by atoms with Crippen LogP contribution in [0.2, 0.25) is 5.02 Å². The molecule has 0 bridgehead atoms. The van der Waals surface area contributed by atoms with Crippen molar-refractivity contribution in [3.63, 3.8) is 0 Å². The van der Waals surface area contributed by atoms with Crippen molar-refractivity contribution in [2.75, 3.05) is 19.7 Å². The molecule has 0 aliphatic heterocycles. The Kier molecular flexibility index (Phi) is 6.94. The predicted octanol–water partition coefficient (Wildman–Crippen LogP) is 2.28. The highest BCUT2D eigenvalue weighted by Gasteiger charge is 2.19. The number of nitrogens with zero attached hydrogens (tertiary/aromatic N) is 3. The first-order valence-corrected chi connectivity index (χ1v) is 9.05. The molecular weight excluding hydrogens is 354 g/mol. The van der Waals surface area contributed by atoms with Crippen LogP contribution in [0.4, 0.5) is 0 Å². The summed E-state index contributed by atoms with van der Waals surface area (Å²) in [6.45, 7) is 6.44. The maximum Gasteiger partial charge on any atom is 0.257 e. The Morgan fingerprint density at radius 1 is 1.23 bits per heavy atom. The lowest BCUT2D eigenvalue weighted by molar-refractivity contribution is -0.131. The predicted molar refractivity (Wildman–Crippen MR) is 102 cm³/mol. The van der Waals surface area contributed by atoms with Gasteiger partial charge in [-0.15, -0.1) is 0 Å². The second-order valence-electron chi connectivity index (χ2n) is 5.94. The first-order valence-electron chi connectivity index (χ1n) is 8.67. The van der Waals surface area contributed by atoms with E-state index in [9.17, 15) is 14.7 Å². The summed E-state index contributed by atoms with van der Waals surface area (Å²) < 4.78 is 1.39. The van der Waals surface area contributed by atoms with Gasteiger partial charge in [-0.1, -0.05) is 11.6 Å². The molecule has 26 heavy (non-hydrogen) atoms. The van der Waals surface area contributed by atoms with E-state index in [4.69, 9.17) is 11.6 Å². The molecule has 0 radical (unpaired) electrons. The average molecular weight is 378 g/mol. The second-order valence-corrected chi connectivity index (χ2v) is 6.37. The normalized spacial score (nSPS) is 10.8. The van der Waals surface area contributed by atoms with Crippen LogP contribution in [0, 0.1) is 6.92 Å². The van der Waals surface area contributed by atoms with Crippen LogP contribution in [-0.4, -0.2) is 45.2 Å². The minimum Gasteiger partial charge on any atom is -0.396 e. The molecule has 1 N–H and O–H groups in total. The Labute approximate surface area is 158 Å². The number of aromatic nitrogens is 2. The highest BCUT2D eigenvalue weighted by atomic mass is 35.5. The topological polar surface area (TPSA) is 75.4 Å². The first kappa shape index (κ1) is 20.1. The Balaban J connectivity index is 2.61. The molecule has 140 valence electrons. The number of amides is 1. The number of benzene rings is 1. The standard InChI is InChI=1S/C19H24ClN3O3/c1-4-22(5-2)17(25)12-23-18(14-6-8-15(20)9-7-14)21-13(3)16(10-11-24)19(23)26/h6-9,24H,4-5,10-12H2,1-3H3. The smallest absolute Gasteiger partial charge is 0.257 e. The van der Waals surface area contributed by atoms with Crippen molar-refractivity contribution in [2.24, 2.45) is 0 Å². The summed E-state index contributed by atoms with van der Waals surface area (Å²) in [5, 5.41) is 9.84. The van der Waals surface area contributed by atoms with E-state index in [-0.39, 0.29) is 31.0 Å². The number of carbonyl (C=O) groups is 1. The fourth-order valence-corrected chi connectivity index (χ4v) is 3.00. The first-order chi connectivity index (χ1) is 12.4. The van der Waals surface area contributed by atoms with Crippen molar-refractivity contribution < 1.29 is 9.90 Å². The fourth-order valence-electron chi connectivity index (χ4n) is 2.88. The number of halogens is 1. The number of hydrogen-bond donors (Lipinski definition) is 1. The largest absolute Gasteiger partial charge is 0.396 e. The summed E-state index contributed by atoms with van der Waals surface area (Å²) in [5.74, 6) is 0.277. The summed E-state index contributed by atoms with van der Waals surface area (Å²) in [5.41, 5.74) is 1.40. The number of aryl methyl sites for hydroxylation is 1. The number of hydrogen-bond acceptors (Lipinski definition) is 4. The van der Waals surface area contributed by atoms with Crippen LogP contribution in [0.5, 0.6) is 0 Å². The van der Waals surface area contributed by atoms with Crippen molar-refractivity contribution in [3.8, 4) is 11.4 Å². The van der Waals surface area contributed by atoms with Crippen molar-refractivity contribution in [1.82, 2.24) is 14.5 Å². The number of aliphatic hydroxyl groups excluding tert-OH is 1. The molecule has 0 unspecified atom stereocenters. The quantitative estimate of drug-likeness (QED) is 0.803. The summed E-state index contributed by atoms with van der Waals surface area (Å²) >= 11 is 5.95. The molecule has 0 fully saturated rings. The van der Waals surface area contributed by atoms with Crippen LogP contribution in [-0.2, 0) is 17.8 Å². The van der Waals surface area contributed by atoms with Crippen molar-refractivity contribution in [1.29, 1.82) is 0 Å². The van der Waals surface area contributed by atoms with E-state index in [1.807, 2.05) is 13.8 Å². The van der Waals surface area contributed by atoms with Crippen LogP contribution in [0.25, 0.3) is 11.4 Å². The van der Waals surface area contributed by atoms with Gasteiger partial charge in [-0.3, -0.25) is 14.2 Å². The molecular formula is C19H24ClN3O3. The number of carbonyl (C=O) groups excluding carboxylic acids is 1. The average Bonchev–Trinajstić information content (AvgIpc) is 2.62. The fraction of sp³-hybridized carbons (Fsp3) is 0.421. The van der Waals surface area contributed by atoms with Gasteiger partial charge in [0.05, 0.1) is 0 Å². The number of likely N-dealkylation sites (N-methyl/N-ethyl adjacent to an activating group) is 1. The minimum atomic E-state index is -0.294. The molecule has 0 spiro atoms. The van der Waals surface area contributed by atoms with E-state index in [0.717, 1.165) is 0 Å². The highest BCUT2D eigenvalue weighted by molar-refractivity contribution is 6.30. The van der Waals surface area contributed by atoms with Gasteiger partial charge in [0.1, 0.15) is 12.4 Å². The van der Waals surface area contributed by atoms with Gasteiger partial charge in [0, 0.05) is 48.0 Å². The molecule has 0 aliphatic rings. The van der Waals surface area contributed by atoms with Crippen LogP contribution < -0.4 is 5.56 Å². The molecule has 2 aromatic rings. The summed E-state index contributed by atoms with van der Waals surface area (Å²) in [6, 6.07) is 6.98. The molecule has 7 heteroatoms. The van der Waals surface area contributed by atoms with E-state index >= 15 is 0 Å². The zero-order valence-electron chi connectivity index (χ0n) is 15.3. The van der Waals surface area contributed by atoms with Gasteiger partial charge in [-0.05, 0) is 45.0 Å². The van der Waals surface area contributed by atoms with Gasteiger partial charge in [-0.25, -0.2) is 4.98 Å². The number of rotatable bonds is 7. The monoisotopic (exact) mass is 377 g/mol. The van der Waals surface area contributed by atoms with Crippen molar-refractivity contribution in [2.45, 2.75) is 33.7 Å². The van der Waals surface area contributed by atoms with E-state index in [1.165, 1.54) is 4.57 Å². The molecule has 1 amide bonds. The molecule has 1 aromatic carbocycles. The third kappa shape index (κ3) is 4.31. The molecule has 6 nitrogen and oxygen atoms in total. The van der Waals surface area contributed by atoms with Gasteiger partial charge in [0.15, 0.2) is 0 Å². The van der Waals surface area contributed by atoms with E-state index < -0.39 is 0 Å². The molecule has 1 aromatic heterocycles. The summed E-state index contributed by atoms with van der Waals surface area (Å²) in [6.07, 6.45) is 0.206. The number of aliphatic hydroxyl groups is 1. The molecule has 1 heterocycles. The third-order valence-electron chi connectivity index (χ3n) is 4.34. The van der Waals surface area contributed by atoms with Gasteiger partial charge in [0.25, 0.3) is 5.56 Å². The van der Waals surface area contributed by atoms with Crippen molar-refractivity contribution in [3.05, 3.63) is 50.9 Å². The lowest BCUT2D eigenvalue weighted by atomic mass is 10.1. The molecule has 0 atom stereocenters. The molecule has 0 saturated carbocycles. The van der Waals surface area contributed by atoms with E-state index in [1.54, 1.807) is 36.1 Å².